The van der Waals surface area contributed by atoms with Gasteiger partial charge in [0.25, 0.3) is 0 Å². The minimum atomic E-state index is 0.0247. The molecule has 1 heterocycles. The molecule has 0 amide bonds. The average Bonchev–Trinajstić information content (AvgIpc) is 2.47. The maximum absolute atomic E-state index is 6.66. The number of rotatable bonds is 5. The van der Waals surface area contributed by atoms with Crippen molar-refractivity contribution in [2.45, 2.75) is 65.0 Å². The summed E-state index contributed by atoms with van der Waals surface area (Å²) in [5.74, 6) is 0.687. The Hall–Kier alpha value is -0.860. The summed E-state index contributed by atoms with van der Waals surface area (Å²) in [6.45, 7) is 11.5. The summed E-state index contributed by atoms with van der Waals surface area (Å²) < 4.78 is 0. The van der Waals surface area contributed by atoms with Crippen molar-refractivity contribution in [2.75, 3.05) is 13.1 Å². The molecule has 118 valence electrons. The van der Waals surface area contributed by atoms with Crippen molar-refractivity contribution < 1.29 is 0 Å². The molecule has 2 nitrogen and oxygen atoms in total. The molecule has 1 aromatic rings. The molecular formula is C19H32N2. The van der Waals surface area contributed by atoms with Gasteiger partial charge in [-0.1, -0.05) is 44.5 Å². The lowest BCUT2D eigenvalue weighted by Crippen LogP contribution is -2.53. The van der Waals surface area contributed by atoms with Crippen molar-refractivity contribution in [1.29, 1.82) is 0 Å². The quantitative estimate of drug-likeness (QED) is 0.882. The summed E-state index contributed by atoms with van der Waals surface area (Å²) in [5.41, 5.74) is 9.38. The molecule has 1 aromatic carbocycles. The second kappa shape index (κ2) is 6.93. The van der Waals surface area contributed by atoms with Crippen molar-refractivity contribution in [3.8, 4) is 0 Å². The summed E-state index contributed by atoms with van der Waals surface area (Å²) >= 11 is 0. The van der Waals surface area contributed by atoms with E-state index in [0.29, 0.717) is 5.92 Å². The minimum Gasteiger partial charge on any atom is -0.322 e. The zero-order valence-corrected chi connectivity index (χ0v) is 14.2. The molecule has 1 atom stereocenters. The number of piperidine rings is 1. The van der Waals surface area contributed by atoms with Gasteiger partial charge in [0.15, 0.2) is 0 Å². The molecule has 0 bridgehead atoms. The van der Waals surface area contributed by atoms with Crippen molar-refractivity contribution in [2.24, 2.45) is 11.7 Å². The third-order valence-electron chi connectivity index (χ3n) is 4.89. The predicted molar refractivity (Wildman–Crippen MR) is 91.4 cm³/mol. The van der Waals surface area contributed by atoms with Crippen molar-refractivity contribution in [1.82, 2.24) is 4.90 Å². The highest BCUT2D eigenvalue weighted by Crippen LogP contribution is 2.31. The van der Waals surface area contributed by atoms with Crippen LogP contribution >= 0.6 is 0 Å². The van der Waals surface area contributed by atoms with Gasteiger partial charge in [-0.2, -0.15) is 0 Å². The molecule has 1 fully saturated rings. The first kappa shape index (κ1) is 16.5. The van der Waals surface area contributed by atoms with Gasteiger partial charge < -0.3 is 5.73 Å². The van der Waals surface area contributed by atoms with Crippen LogP contribution in [0.5, 0.6) is 0 Å². The lowest BCUT2D eigenvalue weighted by molar-refractivity contribution is 0.0729. The summed E-state index contributed by atoms with van der Waals surface area (Å²) in [6.07, 6.45) is 5.11. The SMILES string of the molecule is CC(C)Cc1cccc(C(N)C(C)(C)N2CCCCC2)c1. The van der Waals surface area contributed by atoms with Crippen LogP contribution in [0.3, 0.4) is 0 Å². The Morgan fingerprint density at radius 3 is 2.43 bits per heavy atom. The van der Waals surface area contributed by atoms with E-state index in [0.717, 1.165) is 6.42 Å². The van der Waals surface area contributed by atoms with E-state index in [9.17, 15) is 0 Å². The lowest BCUT2D eigenvalue weighted by Gasteiger charge is -2.45. The number of nitrogens with zero attached hydrogens (tertiary/aromatic N) is 1. The number of hydrogen-bond donors (Lipinski definition) is 1. The second-order valence-corrected chi connectivity index (χ2v) is 7.52. The summed E-state index contributed by atoms with van der Waals surface area (Å²) in [5, 5.41) is 0. The Labute approximate surface area is 130 Å². The second-order valence-electron chi connectivity index (χ2n) is 7.52. The Kier molecular flexibility index (Phi) is 5.45. The molecule has 0 aliphatic carbocycles. The van der Waals surface area contributed by atoms with Crippen LogP contribution in [-0.4, -0.2) is 23.5 Å². The highest BCUT2D eigenvalue weighted by atomic mass is 15.2. The van der Waals surface area contributed by atoms with E-state index < -0.39 is 0 Å². The van der Waals surface area contributed by atoms with E-state index in [1.165, 1.54) is 43.5 Å². The van der Waals surface area contributed by atoms with Crippen LogP contribution < -0.4 is 5.73 Å². The molecule has 2 heteroatoms. The van der Waals surface area contributed by atoms with E-state index in [2.05, 4.69) is 56.9 Å². The molecule has 0 saturated carbocycles. The van der Waals surface area contributed by atoms with Crippen LogP contribution in [-0.2, 0) is 6.42 Å². The van der Waals surface area contributed by atoms with Gasteiger partial charge >= 0.3 is 0 Å². The van der Waals surface area contributed by atoms with Gasteiger partial charge in [0.05, 0.1) is 0 Å². The molecule has 1 aliphatic rings. The van der Waals surface area contributed by atoms with Crippen LogP contribution in [0.15, 0.2) is 24.3 Å². The summed E-state index contributed by atoms with van der Waals surface area (Å²) in [7, 11) is 0. The number of likely N-dealkylation sites (tertiary alicyclic amines) is 1. The van der Waals surface area contributed by atoms with Crippen molar-refractivity contribution in [3.05, 3.63) is 35.4 Å². The molecule has 2 rings (SSSR count). The fraction of sp³-hybridized carbons (Fsp3) is 0.684. The van der Waals surface area contributed by atoms with Gasteiger partial charge in [-0.15, -0.1) is 0 Å². The van der Waals surface area contributed by atoms with Gasteiger partial charge in [0.1, 0.15) is 0 Å². The van der Waals surface area contributed by atoms with Crippen LogP contribution in [0.1, 0.15) is 64.1 Å². The minimum absolute atomic E-state index is 0.0247. The standard InChI is InChI=1S/C19H32N2/c1-15(2)13-16-9-8-10-17(14-16)18(20)19(3,4)21-11-6-5-7-12-21/h8-10,14-15,18H,5-7,11-13,20H2,1-4H3. The lowest BCUT2D eigenvalue weighted by atomic mass is 9.85. The molecule has 1 aliphatic heterocycles. The number of benzene rings is 1. The highest BCUT2D eigenvalue weighted by molar-refractivity contribution is 5.28. The zero-order valence-electron chi connectivity index (χ0n) is 14.2. The highest BCUT2D eigenvalue weighted by Gasteiger charge is 2.34. The van der Waals surface area contributed by atoms with Gasteiger partial charge in [-0.05, 0) is 63.2 Å². The monoisotopic (exact) mass is 288 g/mol. The normalized spacial score (nSPS) is 19.0. The molecule has 1 unspecified atom stereocenters. The van der Waals surface area contributed by atoms with Crippen LogP contribution in [0.2, 0.25) is 0 Å². The topological polar surface area (TPSA) is 29.3 Å². The van der Waals surface area contributed by atoms with Crippen molar-refractivity contribution in [3.63, 3.8) is 0 Å². The molecular weight excluding hydrogens is 256 g/mol. The fourth-order valence-electron chi connectivity index (χ4n) is 3.46. The first-order chi connectivity index (χ1) is 9.91. The number of nitrogens with two attached hydrogens (primary N) is 1. The van der Waals surface area contributed by atoms with Crippen LogP contribution in [0.25, 0.3) is 0 Å². The average molecular weight is 288 g/mol. The summed E-state index contributed by atoms with van der Waals surface area (Å²) in [4.78, 5) is 2.58. The largest absolute Gasteiger partial charge is 0.322 e. The van der Waals surface area contributed by atoms with E-state index in [1.807, 2.05) is 0 Å². The first-order valence-corrected chi connectivity index (χ1v) is 8.50. The molecule has 0 radical (unpaired) electrons. The van der Waals surface area contributed by atoms with E-state index in [-0.39, 0.29) is 11.6 Å². The smallest absolute Gasteiger partial charge is 0.0476 e. The summed E-state index contributed by atoms with van der Waals surface area (Å²) in [6, 6.07) is 8.97. The number of hydrogen-bond acceptors (Lipinski definition) is 2. The maximum atomic E-state index is 6.66. The molecule has 0 spiro atoms. The Balaban J connectivity index is 2.15. The van der Waals surface area contributed by atoms with Crippen molar-refractivity contribution >= 4 is 0 Å². The van der Waals surface area contributed by atoms with Gasteiger partial charge in [0, 0.05) is 11.6 Å². The Morgan fingerprint density at radius 1 is 1.14 bits per heavy atom. The maximum Gasteiger partial charge on any atom is 0.0476 e. The third-order valence-corrected chi connectivity index (χ3v) is 4.89. The zero-order chi connectivity index (χ0) is 15.5. The first-order valence-electron chi connectivity index (χ1n) is 8.50. The van der Waals surface area contributed by atoms with Gasteiger partial charge in [-0.25, -0.2) is 0 Å². The van der Waals surface area contributed by atoms with Crippen LogP contribution in [0.4, 0.5) is 0 Å². The Morgan fingerprint density at radius 2 is 1.81 bits per heavy atom. The predicted octanol–water partition coefficient (Wildman–Crippen LogP) is 4.15. The van der Waals surface area contributed by atoms with E-state index in [1.54, 1.807) is 0 Å². The van der Waals surface area contributed by atoms with Gasteiger partial charge in [-0.3, -0.25) is 4.90 Å². The van der Waals surface area contributed by atoms with E-state index in [4.69, 9.17) is 5.73 Å². The molecule has 21 heavy (non-hydrogen) atoms. The molecule has 1 saturated heterocycles. The van der Waals surface area contributed by atoms with E-state index >= 15 is 0 Å². The van der Waals surface area contributed by atoms with Gasteiger partial charge in [0.2, 0.25) is 0 Å². The third kappa shape index (κ3) is 4.08. The Bertz CT molecular complexity index is 445. The molecule has 0 aromatic heterocycles. The molecule has 2 N–H and O–H groups in total. The fourth-order valence-corrected chi connectivity index (χ4v) is 3.46. The van der Waals surface area contributed by atoms with Crippen LogP contribution in [0, 0.1) is 5.92 Å².